The van der Waals surface area contributed by atoms with E-state index < -0.39 is 23.6 Å². The third kappa shape index (κ3) is 2.54. The number of ether oxygens (including phenoxy) is 2. The largest absolute Gasteiger partial charge is 0.459 e. The lowest BCUT2D eigenvalue weighted by Crippen LogP contribution is -2.71. The zero-order chi connectivity index (χ0) is 23.0. The number of hydrogen-bond acceptors (Lipinski definition) is 6. The van der Waals surface area contributed by atoms with Crippen LogP contribution in [0.3, 0.4) is 0 Å². The number of rotatable bonds is 3. The molecule has 2 saturated heterocycles. The van der Waals surface area contributed by atoms with E-state index in [9.17, 15) is 14.4 Å². The second kappa shape index (κ2) is 6.91. The van der Waals surface area contributed by atoms with E-state index in [0.717, 1.165) is 30.6 Å². The van der Waals surface area contributed by atoms with E-state index in [1.807, 2.05) is 23.1 Å². The van der Waals surface area contributed by atoms with Crippen molar-refractivity contribution >= 4 is 23.5 Å². The molecule has 6 atom stereocenters. The lowest BCUT2D eigenvalue weighted by molar-refractivity contribution is -0.207. The van der Waals surface area contributed by atoms with Crippen molar-refractivity contribution in [1.82, 2.24) is 4.90 Å². The van der Waals surface area contributed by atoms with Gasteiger partial charge in [-0.05, 0) is 43.5 Å². The van der Waals surface area contributed by atoms with Gasteiger partial charge in [-0.1, -0.05) is 24.8 Å². The Kier molecular flexibility index (Phi) is 4.58. The summed E-state index contributed by atoms with van der Waals surface area (Å²) in [6.07, 6.45) is 0.996. The van der Waals surface area contributed by atoms with Crippen molar-refractivity contribution in [3.8, 4) is 0 Å². The number of benzene rings is 1. The normalized spacial score (nSPS) is 35.7. The molecule has 3 fully saturated rings. The molecule has 1 aromatic carbocycles. The summed E-state index contributed by atoms with van der Waals surface area (Å²) >= 11 is 0. The number of esters is 2. The number of amides is 1. The molecule has 1 spiro atoms. The number of piperidine rings is 1. The highest BCUT2D eigenvalue weighted by Gasteiger charge is 2.71. The summed E-state index contributed by atoms with van der Waals surface area (Å²) in [5.74, 6) is -1.08. The van der Waals surface area contributed by atoms with Crippen LogP contribution in [0.2, 0.25) is 0 Å². The molecule has 0 aromatic heterocycles. The van der Waals surface area contributed by atoms with E-state index in [2.05, 4.69) is 17.5 Å². The monoisotopic (exact) mass is 438 g/mol. The predicted molar refractivity (Wildman–Crippen MR) is 118 cm³/mol. The Balaban J connectivity index is 1.68. The number of carbonyl (C=O) groups is 3. The molecule has 32 heavy (non-hydrogen) atoms. The summed E-state index contributed by atoms with van der Waals surface area (Å²) in [4.78, 5) is 41.3. The summed E-state index contributed by atoms with van der Waals surface area (Å²) in [7, 11) is 0. The molecule has 1 aromatic rings. The van der Waals surface area contributed by atoms with Gasteiger partial charge in [0.1, 0.15) is 6.10 Å². The Morgan fingerprint density at radius 2 is 1.88 bits per heavy atom. The minimum atomic E-state index is -1.04. The van der Waals surface area contributed by atoms with Crippen molar-refractivity contribution in [3.05, 3.63) is 42.0 Å². The number of carbonyl (C=O) groups excluding carboxylic acids is 3. The van der Waals surface area contributed by atoms with Crippen molar-refractivity contribution in [1.29, 1.82) is 0 Å². The average molecular weight is 439 g/mol. The Labute approximate surface area is 188 Å². The van der Waals surface area contributed by atoms with Crippen molar-refractivity contribution in [2.24, 2.45) is 5.92 Å². The van der Waals surface area contributed by atoms with Crippen LogP contribution >= 0.6 is 0 Å². The van der Waals surface area contributed by atoms with Crippen LogP contribution in [0.1, 0.15) is 46.1 Å². The second-order valence-corrected chi connectivity index (χ2v) is 9.75. The van der Waals surface area contributed by atoms with Crippen molar-refractivity contribution in [2.75, 3.05) is 18.0 Å². The molecule has 0 N–H and O–H groups in total. The van der Waals surface area contributed by atoms with Gasteiger partial charge in [-0.25, -0.2) is 0 Å². The minimum absolute atomic E-state index is 0.0231. The Morgan fingerprint density at radius 3 is 2.53 bits per heavy atom. The maximum absolute atomic E-state index is 12.9. The molecule has 3 heterocycles. The van der Waals surface area contributed by atoms with Crippen molar-refractivity contribution in [2.45, 2.75) is 69.7 Å². The maximum atomic E-state index is 12.9. The quantitative estimate of drug-likeness (QED) is 0.533. The third-order valence-corrected chi connectivity index (χ3v) is 8.26. The van der Waals surface area contributed by atoms with Crippen molar-refractivity contribution in [3.63, 3.8) is 0 Å². The van der Waals surface area contributed by atoms with E-state index in [1.165, 1.54) is 19.4 Å². The van der Waals surface area contributed by atoms with Gasteiger partial charge < -0.3 is 14.4 Å². The number of nitrogens with zero attached hydrogens (tertiary/aromatic N) is 2. The first-order valence-corrected chi connectivity index (χ1v) is 11.3. The summed E-state index contributed by atoms with van der Waals surface area (Å²) in [5.41, 5.74) is 1.78. The molecule has 7 nitrogen and oxygen atoms in total. The zero-order valence-electron chi connectivity index (χ0n) is 19.1. The summed E-state index contributed by atoms with van der Waals surface area (Å²) < 4.78 is 11.7. The number of hydrogen-bond donors (Lipinski definition) is 0. The van der Waals surface area contributed by atoms with Crippen molar-refractivity contribution < 1.29 is 23.9 Å². The maximum Gasteiger partial charge on any atom is 0.303 e. The highest BCUT2D eigenvalue weighted by atomic mass is 16.6. The molecular weight excluding hydrogens is 408 g/mol. The van der Waals surface area contributed by atoms with E-state index in [1.54, 1.807) is 13.8 Å². The molecule has 7 heteroatoms. The molecular formula is C25H30N2O5. The second-order valence-electron chi connectivity index (χ2n) is 9.75. The fourth-order valence-corrected chi connectivity index (χ4v) is 7.32. The smallest absolute Gasteiger partial charge is 0.303 e. The average Bonchev–Trinajstić information content (AvgIpc) is 3.24. The highest BCUT2D eigenvalue weighted by Crippen LogP contribution is 2.64. The van der Waals surface area contributed by atoms with Gasteiger partial charge in [-0.2, -0.15) is 0 Å². The van der Waals surface area contributed by atoms with E-state index in [4.69, 9.17) is 9.47 Å². The van der Waals surface area contributed by atoms with Gasteiger partial charge in [-0.3, -0.25) is 19.3 Å². The van der Waals surface area contributed by atoms with Crippen LogP contribution in [-0.4, -0.2) is 59.6 Å². The lowest BCUT2D eigenvalue weighted by atomic mass is 9.55. The van der Waals surface area contributed by atoms with E-state index in [0.29, 0.717) is 6.54 Å². The van der Waals surface area contributed by atoms with Gasteiger partial charge in [0.15, 0.2) is 5.60 Å². The first-order valence-electron chi connectivity index (χ1n) is 11.3. The van der Waals surface area contributed by atoms with Crippen LogP contribution in [0.25, 0.3) is 0 Å². The number of fused-ring (bicyclic) bond motifs is 2. The summed E-state index contributed by atoms with van der Waals surface area (Å²) in [6, 6.07) is 8.16. The zero-order valence-corrected chi connectivity index (χ0v) is 19.1. The fourth-order valence-electron chi connectivity index (χ4n) is 7.32. The third-order valence-electron chi connectivity index (χ3n) is 8.26. The van der Waals surface area contributed by atoms with Crippen LogP contribution < -0.4 is 4.90 Å². The molecule has 0 radical (unpaired) electrons. The molecule has 4 aliphatic rings. The molecule has 2 bridgehead atoms. The number of anilines is 1. The molecule has 1 aliphatic carbocycles. The van der Waals surface area contributed by atoms with Gasteiger partial charge in [0.2, 0.25) is 5.91 Å². The Bertz CT molecular complexity index is 1040. The van der Waals surface area contributed by atoms with Gasteiger partial charge in [0, 0.05) is 50.4 Å². The summed E-state index contributed by atoms with van der Waals surface area (Å²) in [5, 5.41) is 0. The lowest BCUT2D eigenvalue weighted by Gasteiger charge is -2.59. The van der Waals surface area contributed by atoms with Crippen LogP contribution in [0.4, 0.5) is 5.69 Å². The molecule has 1 saturated carbocycles. The van der Waals surface area contributed by atoms with Gasteiger partial charge >= 0.3 is 11.9 Å². The van der Waals surface area contributed by atoms with Gasteiger partial charge in [-0.15, -0.1) is 0 Å². The first-order chi connectivity index (χ1) is 15.1. The topological polar surface area (TPSA) is 76.2 Å². The fraction of sp³-hybridized carbons (Fsp3) is 0.560. The van der Waals surface area contributed by atoms with Crippen LogP contribution in [0.15, 0.2) is 36.4 Å². The van der Waals surface area contributed by atoms with Crippen LogP contribution in [0, 0.1) is 5.92 Å². The van der Waals surface area contributed by atoms with Crippen LogP contribution in [0.5, 0.6) is 0 Å². The van der Waals surface area contributed by atoms with Crippen LogP contribution in [-0.2, 0) is 29.3 Å². The summed E-state index contributed by atoms with van der Waals surface area (Å²) in [6.45, 7) is 12.0. The molecule has 170 valence electrons. The molecule has 3 aliphatic heterocycles. The standard InChI is InChI=1S/C25H30N2O5/c1-14-20-12-22-24(19-8-6-7-9-21(19)27(16(3)28)23(14)24)10-11-26(22)13-25(20,32-18(5)30)15(2)31-17(4)29/h6-9,15,20,22-23H,1,10-13H2,2-5H3/t15?,20-,22+,23+,24?,25-/m1/s1. The predicted octanol–water partition coefficient (Wildman–Crippen LogP) is 2.58. The molecule has 5 rings (SSSR count). The number of para-hydroxylation sites is 1. The first kappa shape index (κ1) is 21.2. The SMILES string of the molecule is C=C1[C@@H]2N(C(C)=O)c3ccccc3C23CCN2C[C@@](OC(C)=O)(C(C)OC(C)=O)[C@@H]1C[C@H]23. The Morgan fingerprint density at radius 1 is 1.16 bits per heavy atom. The molecule has 2 unspecified atom stereocenters. The van der Waals surface area contributed by atoms with E-state index in [-0.39, 0.29) is 29.3 Å². The molecule has 1 amide bonds. The highest BCUT2D eigenvalue weighted by molar-refractivity contribution is 5.97. The van der Waals surface area contributed by atoms with Gasteiger partial charge in [0.25, 0.3) is 0 Å². The minimum Gasteiger partial charge on any atom is -0.459 e. The van der Waals surface area contributed by atoms with E-state index >= 15 is 0 Å². The Hall–Kier alpha value is -2.67. The van der Waals surface area contributed by atoms with Gasteiger partial charge in [0.05, 0.1) is 6.04 Å².